The molecule has 0 aliphatic heterocycles. The normalized spacial score (nSPS) is 12.9. The minimum Gasteiger partial charge on any atom is -0.435 e. The van der Waals surface area contributed by atoms with E-state index in [0.717, 1.165) is 59.6 Å². The molecular formula is C139H83N3OS2. The molecule has 0 radical (unpaired) electrons. The van der Waals surface area contributed by atoms with E-state index in [0.29, 0.717) is 5.89 Å². The lowest BCUT2D eigenvalue weighted by Crippen LogP contribution is -2.28. The maximum absolute atomic E-state index is 6.46. The number of thiazole rings is 2. The number of hydrogen-bond donors (Lipinski definition) is 0. The average molecular weight is 1880 g/mol. The van der Waals surface area contributed by atoms with Crippen LogP contribution in [0.2, 0.25) is 0 Å². The fourth-order valence-corrected chi connectivity index (χ4v) is 27.0. The molecule has 0 atom stereocenters. The Morgan fingerprint density at radius 2 is 0.510 bits per heavy atom. The van der Waals surface area contributed by atoms with Gasteiger partial charge in [-0.1, -0.05) is 425 Å². The third kappa shape index (κ3) is 12.8. The maximum Gasteiger partial charge on any atom is 0.227 e. The van der Waals surface area contributed by atoms with Gasteiger partial charge in [-0.3, -0.25) is 0 Å². The fourth-order valence-electron chi connectivity index (χ4n) is 24.8. The Bertz CT molecular complexity index is 10400. The van der Waals surface area contributed by atoms with Crippen molar-refractivity contribution in [2.45, 2.75) is 10.8 Å². The summed E-state index contributed by atoms with van der Waals surface area (Å²) in [5.74, 6) is 0.648. The summed E-state index contributed by atoms with van der Waals surface area (Å²) in [5.41, 5.74) is 32.1. The van der Waals surface area contributed by atoms with Crippen LogP contribution in [0.1, 0.15) is 44.5 Å². The highest BCUT2D eigenvalue weighted by atomic mass is 32.1. The Morgan fingerprint density at radius 3 is 1.03 bits per heavy atom. The minimum absolute atomic E-state index is 0.399. The number of nitrogens with zero attached hydrogens (tertiary/aromatic N) is 3. The van der Waals surface area contributed by atoms with Gasteiger partial charge in [-0.25, -0.2) is 15.0 Å². The maximum atomic E-state index is 6.46. The second kappa shape index (κ2) is 32.7. The molecule has 3 heterocycles. The first-order valence-electron chi connectivity index (χ1n) is 49.8. The average Bonchev–Trinajstić information content (AvgIpc) is 1.51. The highest BCUT2D eigenvalue weighted by Crippen LogP contribution is 2.65. The van der Waals surface area contributed by atoms with Gasteiger partial charge in [0.2, 0.25) is 5.89 Å². The third-order valence-electron chi connectivity index (χ3n) is 31.3. The predicted octanol–water partition coefficient (Wildman–Crippen LogP) is 37.8. The molecular weight excluding hydrogens is 1790 g/mol. The summed E-state index contributed by atoms with van der Waals surface area (Å²) < 4.78 is 8.94. The van der Waals surface area contributed by atoms with E-state index < -0.39 is 10.8 Å². The van der Waals surface area contributed by atoms with Crippen LogP contribution in [-0.2, 0) is 10.8 Å². The van der Waals surface area contributed by atoms with Crippen LogP contribution in [0.4, 0.5) is 0 Å². The van der Waals surface area contributed by atoms with Gasteiger partial charge in [0, 0.05) is 32.8 Å². The molecule has 0 bridgehead atoms. The van der Waals surface area contributed by atoms with Gasteiger partial charge >= 0.3 is 0 Å². The predicted molar refractivity (Wildman–Crippen MR) is 612 cm³/mol. The molecule has 3 aromatic heterocycles. The zero-order valence-corrected chi connectivity index (χ0v) is 80.1. The molecule has 3 aliphatic rings. The van der Waals surface area contributed by atoms with E-state index in [2.05, 4.69) is 473 Å². The van der Waals surface area contributed by atoms with Gasteiger partial charge in [-0.15, -0.1) is 22.7 Å². The van der Waals surface area contributed by atoms with E-state index in [1.165, 1.54) is 228 Å². The van der Waals surface area contributed by atoms with E-state index in [-0.39, 0.29) is 0 Å². The molecule has 0 saturated carbocycles. The molecule has 32 rings (SSSR count). The second-order valence-corrected chi connectivity index (χ2v) is 40.8. The second-order valence-electron chi connectivity index (χ2n) is 38.8. The first-order valence-corrected chi connectivity index (χ1v) is 51.4. The smallest absolute Gasteiger partial charge is 0.227 e. The van der Waals surface area contributed by atoms with Crippen molar-refractivity contribution in [3.63, 3.8) is 0 Å². The Kier molecular flexibility index (Phi) is 18.7. The Morgan fingerprint density at radius 1 is 0.179 bits per heavy atom. The Hall–Kier alpha value is -18.2. The van der Waals surface area contributed by atoms with E-state index in [1.54, 1.807) is 22.7 Å². The Balaban J connectivity index is 0.000000102. The van der Waals surface area contributed by atoms with E-state index >= 15 is 0 Å². The molecule has 672 valence electrons. The number of hydrogen-bond acceptors (Lipinski definition) is 6. The monoisotopic (exact) mass is 1870 g/mol. The number of benzene rings is 26. The van der Waals surface area contributed by atoms with Gasteiger partial charge in [-0.05, 0) is 292 Å². The summed E-state index contributed by atoms with van der Waals surface area (Å²) in [6, 6.07) is 185. The summed E-state index contributed by atoms with van der Waals surface area (Å²) >= 11 is 3.59. The van der Waals surface area contributed by atoms with Crippen molar-refractivity contribution in [1.82, 2.24) is 15.0 Å². The van der Waals surface area contributed by atoms with Crippen molar-refractivity contribution < 1.29 is 4.42 Å². The molecule has 3 aliphatic carbocycles. The van der Waals surface area contributed by atoms with Crippen LogP contribution in [0, 0.1) is 0 Å². The Labute approximate surface area is 843 Å². The molecule has 0 saturated heterocycles. The fraction of sp³-hybridized carbons (Fsp3) is 0.0144. The van der Waals surface area contributed by atoms with E-state index in [4.69, 9.17) is 19.4 Å². The van der Waals surface area contributed by atoms with Crippen LogP contribution in [0.5, 0.6) is 0 Å². The van der Waals surface area contributed by atoms with E-state index in [1.807, 2.05) is 30.3 Å². The topological polar surface area (TPSA) is 51.8 Å². The van der Waals surface area contributed by atoms with Gasteiger partial charge in [0.15, 0.2) is 5.58 Å². The molecule has 26 aromatic carbocycles. The molecule has 1 spiro atoms. The minimum atomic E-state index is -0.490. The van der Waals surface area contributed by atoms with Crippen LogP contribution < -0.4 is 0 Å². The first kappa shape index (κ1) is 82.7. The third-order valence-corrected chi connectivity index (χ3v) is 33.5. The summed E-state index contributed by atoms with van der Waals surface area (Å²) in [5, 5.41) is 29.6. The summed E-state index contributed by atoms with van der Waals surface area (Å²) in [6.45, 7) is 0. The van der Waals surface area contributed by atoms with Crippen LogP contribution in [0.25, 0.3) is 249 Å². The number of fused-ring (bicyclic) bond motifs is 37. The standard InChI is InChI=1S/C50H29NS.C50H31NS.C39H23NO/c1-2-10-32(11-3-1)49-51-46-25-23-31-20-18-30-19-21-35(26-40(30)47(31)48(46)52-49)36-22-24-39-41-27-33-12-4-5-13-34(33)28-45(41)50(44(39)29-36)42-16-8-6-14-37(42)38-15-7-9-17-43(38)50;1-4-13-35(14-5-1)49-51-45-29-26-34-22-20-33-21-23-36(30-43(33)46(34)48(45)52-49)37-25-27-41-42-28-24-32-12-10-11-19-40(32)47(42)50(44(41)31-37,38-15-6-2-7-16-38)39-17-8-3-9-18-39;1-2-8-26(9-3-1)39-40-36-21-19-25-16-14-24-15-17-27(22-34(24)37(25)38(36)41-39)28-18-20-33-31-12-5-4-10-29(31)30-11-6-7-13-32(30)35(33)23-28/h1-29H;1-31H;1-23H. The summed E-state index contributed by atoms with van der Waals surface area (Å²) in [6.07, 6.45) is 0. The van der Waals surface area contributed by atoms with E-state index in [9.17, 15) is 0 Å². The lowest BCUT2D eigenvalue weighted by molar-refractivity contribution is 0.623. The highest BCUT2D eigenvalue weighted by molar-refractivity contribution is 7.23. The van der Waals surface area contributed by atoms with Gasteiger partial charge in [-0.2, -0.15) is 0 Å². The van der Waals surface area contributed by atoms with Gasteiger partial charge < -0.3 is 4.42 Å². The van der Waals surface area contributed by atoms with Crippen molar-refractivity contribution in [2.75, 3.05) is 0 Å². The van der Waals surface area contributed by atoms with Crippen molar-refractivity contribution in [1.29, 1.82) is 0 Å². The van der Waals surface area contributed by atoms with Gasteiger partial charge in [0.25, 0.3) is 0 Å². The molecule has 6 heteroatoms. The van der Waals surface area contributed by atoms with Crippen molar-refractivity contribution in [2.24, 2.45) is 0 Å². The van der Waals surface area contributed by atoms with Crippen molar-refractivity contribution >= 4 is 173 Å². The molecule has 0 N–H and O–H groups in total. The zero-order valence-electron chi connectivity index (χ0n) is 78.5. The van der Waals surface area contributed by atoms with Gasteiger partial charge in [0.1, 0.15) is 15.5 Å². The number of aromatic nitrogens is 3. The van der Waals surface area contributed by atoms with Crippen LogP contribution in [0.3, 0.4) is 0 Å². The quantitative estimate of drug-likeness (QED) is 0.142. The summed E-state index contributed by atoms with van der Waals surface area (Å²) in [4.78, 5) is 15.0. The number of oxazole rings is 1. The molecule has 0 unspecified atom stereocenters. The van der Waals surface area contributed by atoms with Crippen LogP contribution in [-0.4, -0.2) is 15.0 Å². The lowest BCUT2D eigenvalue weighted by Gasteiger charge is -2.35. The first-order chi connectivity index (χ1) is 71.8. The van der Waals surface area contributed by atoms with Crippen molar-refractivity contribution in [3.8, 4) is 99.4 Å². The molecule has 4 nitrogen and oxygen atoms in total. The molecule has 145 heavy (non-hydrogen) atoms. The molecule has 0 amide bonds. The number of rotatable bonds is 8. The summed E-state index contributed by atoms with van der Waals surface area (Å²) in [7, 11) is 0. The lowest BCUT2D eigenvalue weighted by atomic mass is 9.66. The highest BCUT2D eigenvalue weighted by Gasteiger charge is 2.52. The van der Waals surface area contributed by atoms with Crippen LogP contribution >= 0.6 is 22.7 Å². The molecule has 29 aromatic rings. The zero-order chi connectivity index (χ0) is 95.1. The SMILES string of the molecule is c1ccc(-c2nc3ccc4ccc5ccc(-c6ccc7c(c6)C(c6ccccc6)(c6ccccc6)c6c-7ccc7ccccc67)cc5c4c3s2)cc1.c1ccc(-c2nc3ccc4ccc5ccc(-c6ccc7c(c6)C6(c8ccccc8-c8ccccc86)c6cc8ccccc8cc6-7)cc5c4c3s2)cc1.c1ccc(-c2nc3ccc4ccc5ccc(-c6ccc7c8ccccc8c8ccccc8c7c6)cc5c4c3o2)cc1. The molecule has 0 fully saturated rings. The van der Waals surface area contributed by atoms with Crippen molar-refractivity contribution in [3.05, 3.63) is 548 Å². The van der Waals surface area contributed by atoms with Crippen LogP contribution in [0.15, 0.2) is 508 Å². The largest absolute Gasteiger partial charge is 0.435 e. The van der Waals surface area contributed by atoms with Gasteiger partial charge in [0.05, 0.1) is 31.3 Å².